The van der Waals surface area contributed by atoms with Gasteiger partial charge in [0.05, 0.1) is 13.7 Å². The van der Waals surface area contributed by atoms with Crippen molar-refractivity contribution in [2.75, 3.05) is 20.3 Å². The standard InChI is InChI=1S/C18H20N4O4/c1-23-14-5-2-4-12(10-14)17-19-15(25-21-17)6-3-7-16-20-18(22-26-16)13-8-9-24-11-13/h2,4-5,10,13H,3,6-9,11H2,1H3/t13-/m0/s1. The van der Waals surface area contributed by atoms with Crippen LogP contribution >= 0.6 is 0 Å². The highest BCUT2D eigenvalue weighted by atomic mass is 16.5. The quantitative estimate of drug-likeness (QED) is 0.637. The summed E-state index contributed by atoms with van der Waals surface area (Å²) in [5.41, 5.74) is 0.861. The van der Waals surface area contributed by atoms with Crippen LogP contribution in [0.15, 0.2) is 33.3 Å². The van der Waals surface area contributed by atoms with Crippen molar-refractivity contribution in [3.63, 3.8) is 0 Å². The van der Waals surface area contributed by atoms with Crippen molar-refractivity contribution in [1.82, 2.24) is 20.3 Å². The van der Waals surface area contributed by atoms with Crippen LogP contribution in [-0.4, -0.2) is 40.6 Å². The Labute approximate surface area is 150 Å². The van der Waals surface area contributed by atoms with Gasteiger partial charge in [-0.05, 0) is 25.0 Å². The van der Waals surface area contributed by atoms with Gasteiger partial charge in [-0.2, -0.15) is 9.97 Å². The van der Waals surface area contributed by atoms with E-state index in [1.54, 1.807) is 7.11 Å². The van der Waals surface area contributed by atoms with E-state index in [4.69, 9.17) is 18.5 Å². The third kappa shape index (κ3) is 3.75. The van der Waals surface area contributed by atoms with Crippen LogP contribution in [0.2, 0.25) is 0 Å². The van der Waals surface area contributed by atoms with Crippen LogP contribution in [-0.2, 0) is 17.6 Å². The Balaban J connectivity index is 1.32. The number of aryl methyl sites for hydroxylation is 2. The fourth-order valence-corrected chi connectivity index (χ4v) is 2.90. The second-order valence-corrected chi connectivity index (χ2v) is 6.20. The normalized spacial score (nSPS) is 16.9. The van der Waals surface area contributed by atoms with Crippen LogP contribution in [0.3, 0.4) is 0 Å². The predicted molar refractivity (Wildman–Crippen MR) is 90.8 cm³/mol. The van der Waals surface area contributed by atoms with E-state index in [0.717, 1.165) is 36.6 Å². The van der Waals surface area contributed by atoms with E-state index in [9.17, 15) is 0 Å². The molecule has 1 saturated heterocycles. The summed E-state index contributed by atoms with van der Waals surface area (Å²) in [7, 11) is 1.63. The van der Waals surface area contributed by atoms with Gasteiger partial charge in [0.2, 0.25) is 17.6 Å². The van der Waals surface area contributed by atoms with Gasteiger partial charge < -0.3 is 18.5 Å². The molecule has 1 fully saturated rings. The molecule has 26 heavy (non-hydrogen) atoms. The second kappa shape index (κ2) is 7.65. The molecule has 8 nitrogen and oxygen atoms in total. The summed E-state index contributed by atoms with van der Waals surface area (Å²) in [5.74, 6) is 3.55. The van der Waals surface area contributed by atoms with Crippen molar-refractivity contribution >= 4 is 0 Å². The summed E-state index contributed by atoms with van der Waals surface area (Å²) in [6.45, 7) is 1.44. The van der Waals surface area contributed by atoms with Gasteiger partial charge in [-0.1, -0.05) is 22.4 Å². The maximum Gasteiger partial charge on any atom is 0.226 e. The van der Waals surface area contributed by atoms with E-state index in [2.05, 4.69) is 20.3 Å². The van der Waals surface area contributed by atoms with E-state index >= 15 is 0 Å². The fourth-order valence-electron chi connectivity index (χ4n) is 2.90. The lowest BCUT2D eigenvalue weighted by atomic mass is 10.1. The first-order chi connectivity index (χ1) is 12.8. The second-order valence-electron chi connectivity index (χ2n) is 6.20. The molecular weight excluding hydrogens is 336 g/mol. The molecular formula is C18H20N4O4. The van der Waals surface area contributed by atoms with Gasteiger partial charge in [-0.15, -0.1) is 0 Å². The Bertz CT molecular complexity index is 854. The van der Waals surface area contributed by atoms with Crippen LogP contribution in [0.5, 0.6) is 5.75 Å². The molecule has 0 N–H and O–H groups in total. The Morgan fingerprint density at radius 2 is 1.96 bits per heavy atom. The molecule has 8 heteroatoms. The molecule has 4 rings (SSSR count). The highest BCUT2D eigenvalue weighted by Gasteiger charge is 2.23. The SMILES string of the molecule is COc1cccc(-c2noc(CCCc3nc([C@H]4CCOC4)no3)n2)c1. The molecule has 3 heterocycles. The zero-order valence-electron chi connectivity index (χ0n) is 14.6. The summed E-state index contributed by atoms with van der Waals surface area (Å²) >= 11 is 0. The minimum absolute atomic E-state index is 0.258. The molecule has 0 saturated carbocycles. The van der Waals surface area contributed by atoms with Crippen molar-refractivity contribution in [3.05, 3.63) is 41.9 Å². The smallest absolute Gasteiger partial charge is 0.226 e. The number of methoxy groups -OCH3 is 1. The van der Waals surface area contributed by atoms with E-state index in [-0.39, 0.29) is 5.92 Å². The lowest BCUT2D eigenvalue weighted by molar-refractivity contribution is 0.192. The molecule has 3 aromatic rings. The number of aromatic nitrogens is 4. The largest absolute Gasteiger partial charge is 0.497 e. The lowest BCUT2D eigenvalue weighted by Gasteiger charge is -1.99. The average Bonchev–Trinajstić information content (AvgIpc) is 3.43. The molecule has 2 aromatic heterocycles. The zero-order valence-corrected chi connectivity index (χ0v) is 14.6. The van der Waals surface area contributed by atoms with Crippen LogP contribution in [0.25, 0.3) is 11.4 Å². The van der Waals surface area contributed by atoms with Gasteiger partial charge in [-0.3, -0.25) is 0 Å². The Hall–Kier alpha value is -2.74. The minimum Gasteiger partial charge on any atom is -0.497 e. The van der Waals surface area contributed by atoms with Crippen molar-refractivity contribution in [3.8, 4) is 17.1 Å². The number of benzene rings is 1. The Morgan fingerprint density at radius 3 is 2.77 bits per heavy atom. The van der Waals surface area contributed by atoms with Gasteiger partial charge in [0.15, 0.2) is 5.82 Å². The first-order valence-corrected chi connectivity index (χ1v) is 8.69. The van der Waals surface area contributed by atoms with E-state index < -0.39 is 0 Å². The number of ether oxygens (including phenoxy) is 2. The highest BCUT2D eigenvalue weighted by molar-refractivity contribution is 5.56. The Kier molecular flexibility index (Phi) is 4.92. The van der Waals surface area contributed by atoms with E-state index in [1.807, 2.05) is 24.3 Å². The van der Waals surface area contributed by atoms with Crippen LogP contribution in [0.4, 0.5) is 0 Å². The summed E-state index contributed by atoms with van der Waals surface area (Å²) in [5, 5.41) is 8.09. The molecule has 1 atom stereocenters. The topological polar surface area (TPSA) is 96.3 Å². The zero-order chi connectivity index (χ0) is 17.8. The van der Waals surface area contributed by atoms with Gasteiger partial charge in [-0.25, -0.2) is 0 Å². The van der Waals surface area contributed by atoms with Crippen molar-refractivity contribution in [2.45, 2.75) is 31.6 Å². The summed E-state index contributed by atoms with van der Waals surface area (Å²) < 4.78 is 21.2. The predicted octanol–water partition coefficient (Wildman–Crippen LogP) is 2.81. The van der Waals surface area contributed by atoms with Crippen molar-refractivity contribution in [2.24, 2.45) is 0 Å². The molecule has 0 unspecified atom stereocenters. The number of rotatable bonds is 7. The summed E-state index contributed by atoms with van der Waals surface area (Å²) in [6.07, 6.45) is 3.08. The highest BCUT2D eigenvalue weighted by Crippen LogP contribution is 2.23. The molecule has 0 radical (unpaired) electrons. The van der Waals surface area contributed by atoms with Crippen LogP contribution < -0.4 is 4.74 Å². The van der Waals surface area contributed by atoms with Gasteiger partial charge >= 0.3 is 0 Å². The van der Waals surface area contributed by atoms with Gasteiger partial charge in [0.1, 0.15) is 5.75 Å². The van der Waals surface area contributed by atoms with Gasteiger partial charge in [0, 0.05) is 30.9 Å². The first kappa shape index (κ1) is 16.7. The number of hydrogen-bond acceptors (Lipinski definition) is 8. The molecule has 0 amide bonds. The lowest BCUT2D eigenvalue weighted by Crippen LogP contribution is -2.00. The van der Waals surface area contributed by atoms with Crippen LogP contribution in [0.1, 0.15) is 36.4 Å². The molecule has 0 aliphatic carbocycles. The average molecular weight is 356 g/mol. The maximum atomic E-state index is 5.36. The van der Waals surface area contributed by atoms with Gasteiger partial charge in [0.25, 0.3) is 0 Å². The summed E-state index contributed by atoms with van der Waals surface area (Å²) in [6, 6.07) is 7.57. The first-order valence-electron chi connectivity index (χ1n) is 8.69. The number of nitrogens with zero attached hydrogens (tertiary/aromatic N) is 4. The van der Waals surface area contributed by atoms with E-state index in [0.29, 0.717) is 37.1 Å². The molecule has 1 aliphatic rings. The van der Waals surface area contributed by atoms with E-state index in [1.165, 1.54) is 0 Å². The van der Waals surface area contributed by atoms with Crippen molar-refractivity contribution in [1.29, 1.82) is 0 Å². The minimum atomic E-state index is 0.258. The third-order valence-electron chi connectivity index (χ3n) is 4.36. The third-order valence-corrected chi connectivity index (χ3v) is 4.36. The molecule has 1 aliphatic heterocycles. The number of hydrogen-bond donors (Lipinski definition) is 0. The Morgan fingerprint density at radius 1 is 1.12 bits per heavy atom. The molecule has 136 valence electrons. The summed E-state index contributed by atoms with van der Waals surface area (Å²) in [4.78, 5) is 8.90. The maximum absolute atomic E-state index is 5.36. The molecule has 0 bridgehead atoms. The monoisotopic (exact) mass is 356 g/mol. The fraction of sp³-hybridized carbons (Fsp3) is 0.444. The molecule has 1 aromatic carbocycles. The van der Waals surface area contributed by atoms with Crippen LogP contribution in [0, 0.1) is 0 Å². The molecule has 0 spiro atoms. The van der Waals surface area contributed by atoms with Crippen molar-refractivity contribution < 1.29 is 18.5 Å².